The molecule has 0 aromatic rings. The van der Waals surface area contributed by atoms with Crippen LogP contribution in [0.5, 0.6) is 0 Å². The molecule has 2 heteroatoms. The van der Waals surface area contributed by atoms with Crippen molar-refractivity contribution in [2.24, 2.45) is 11.7 Å². The fourth-order valence-corrected chi connectivity index (χ4v) is 3.21. The molecule has 1 saturated carbocycles. The van der Waals surface area contributed by atoms with E-state index in [4.69, 9.17) is 10.5 Å². The highest BCUT2D eigenvalue weighted by Crippen LogP contribution is 2.29. The minimum absolute atomic E-state index is 0.285. The number of nitrogens with two attached hydrogens (primary N) is 1. The number of rotatable bonds is 10. The first-order valence-corrected chi connectivity index (χ1v) is 8.65. The van der Waals surface area contributed by atoms with Gasteiger partial charge in [-0.05, 0) is 31.6 Å². The van der Waals surface area contributed by atoms with E-state index >= 15 is 0 Å². The lowest BCUT2D eigenvalue weighted by atomic mass is 9.82. The summed E-state index contributed by atoms with van der Waals surface area (Å²) in [5, 5.41) is 0. The maximum atomic E-state index is 6.19. The van der Waals surface area contributed by atoms with Gasteiger partial charge in [0.25, 0.3) is 0 Å². The van der Waals surface area contributed by atoms with E-state index in [1.165, 1.54) is 64.2 Å². The van der Waals surface area contributed by atoms with Crippen LogP contribution in [-0.4, -0.2) is 18.8 Å². The van der Waals surface area contributed by atoms with Crippen LogP contribution >= 0.6 is 0 Å². The highest BCUT2D eigenvalue weighted by atomic mass is 16.5. The lowest BCUT2D eigenvalue weighted by molar-refractivity contribution is -0.00315. The summed E-state index contributed by atoms with van der Waals surface area (Å²) in [7, 11) is 0. The molecular formula is C17H35NO. The normalized spacial score (nSPS) is 27.6. The van der Waals surface area contributed by atoms with Gasteiger partial charge in [0.1, 0.15) is 0 Å². The van der Waals surface area contributed by atoms with Crippen LogP contribution < -0.4 is 5.73 Å². The van der Waals surface area contributed by atoms with Gasteiger partial charge in [-0.2, -0.15) is 0 Å². The van der Waals surface area contributed by atoms with Crippen LogP contribution in [0.15, 0.2) is 0 Å². The molecule has 0 saturated heterocycles. The van der Waals surface area contributed by atoms with Crippen molar-refractivity contribution in [3.05, 3.63) is 0 Å². The summed E-state index contributed by atoms with van der Waals surface area (Å²) in [5.41, 5.74) is 6.19. The third kappa shape index (κ3) is 7.31. The van der Waals surface area contributed by atoms with Crippen LogP contribution in [0.2, 0.25) is 0 Å². The van der Waals surface area contributed by atoms with Gasteiger partial charge in [-0.25, -0.2) is 0 Å². The van der Waals surface area contributed by atoms with E-state index < -0.39 is 0 Å². The Labute approximate surface area is 120 Å². The van der Waals surface area contributed by atoms with Crippen LogP contribution in [-0.2, 0) is 4.74 Å². The molecule has 2 N–H and O–H groups in total. The number of ether oxygens (including phenoxy) is 1. The highest BCUT2D eigenvalue weighted by molar-refractivity contribution is 4.83. The highest BCUT2D eigenvalue weighted by Gasteiger charge is 2.28. The van der Waals surface area contributed by atoms with E-state index in [0.29, 0.717) is 6.10 Å². The predicted molar refractivity (Wildman–Crippen MR) is 83.3 cm³/mol. The second kappa shape index (κ2) is 10.7. The van der Waals surface area contributed by atoms with Crippen molar-refractivity contribution in [3.8, 4) is 0 Å². The van der Waals surface area contributed by atoms with Gasteiger partial charge in [0, 0.05) is 12.6 Å². The molecule has 0 aliphatic heterocycles. The van der Waals surface area contributed by atoms with Gasteiger partial charge < -0.3 is 10.5 Å². The minimum atomic E-state index is 0.285. The maximum Gasteiger partial charge on any atom is 0.0728 e. The van der Waals surface area contributed by atoms with Crippen LogP contribution in [0.1, 0.15) is 84.5 Å². The van der Waals surface area contributed by atoms with Gasteiger partial charge in [-0.1, -0.05) is 58.8 Å². The Hall–Kier alpha value is -0.0800. The minimum Gasteiger partial charge on any atom is -0.377 e. The van der Waals surface area contributed by atoms with Gasteiger partial charge in [0.2, 0.25) is 0 Å². The molecule has 0 spiro atoms. The smallest absolute Gasteiger partial charge is 0.0728 e. The Morgan fingerprint density at radius 1 is 0.947 bits per heavy atom. The maximum absolute atomic E-state index is 6.19. The van der Waals surface area contributed by atoms with E-state index in [0.717, 1.165) is 18.9 Å². The largest absolute Gasteiger partial charge is 0.377 e. The molecule has 0 aromatic carbocycles. The van der Waals surface area contributed by atoms with Crippen molar-refractivity contribution >= 4 is 0 Å². The molecule has 0 aromatic heterocycles. The molecule has 0 heterocycles. The fourth-order valence-electron chi connectivity index (χ4n) is 3.21. The summed E-state index contributed by atoms with van der Waals surface area (Å²) >= 11 is 0. The molecule has 2 nitrogen and oxygen atoms in total. The van der Waals surface area contributed by atoms with Crippen LogP contribution in [0.4, 0.5) is 0 Å². The molecule has 1 fully saturated rings. The van der Waals surface area contributed by atoms with Gasteiger partial charge >= 0.3 is 0 Å². The van der Waals surface area contributed by atoms with Crippen LogP contribution in [0, 0.1) is 5.92 Å². The van der Waals surface area contributed by atoms with E-state index in [1.807, 2.05) is 0 Å². The van der Waals surface area contributed by atoms with Crippen LogP contribution in [0.25, 0.3) is 0 Å². The third-order valence-corrected chi connectivity index (χ3v) is 4.48. The van der Waals surface area contributed by atoms with E-state index in [9.17, 15) is 0 Å². The molecule has 3 unspecified atom stereocenters. The van der Waals surface area contributed by atoms with Crippen LogP contribution in [0.3, 0.4) is 0 Å². The zero-order chi connectivity index (χ0) is 13.9. The quantitative estimate of drug-likeness (QED) is 0.585. The van der Waals surface area contributed by atoms with Crippen molar-refractivity contribution in [1.29, 1.82) is 0 Å². The van der Waals surface area contributed by atoms with Crippen molar-refractivity contribution in [1.82, 2.24) is 0 Å². The molecule has 19 heavy (non-hydrogen) atoms. The lowest BCUT2D eigenvalue weighted by Gasteiger charge is -2.34. The Bertz CT molecular complexity index is 207. The van der Waals surface area contributed by atoms with Crippen molar-refractivity contribution in [2.75, 3.05) is 6.61 Å². The lowest BCUT2D eigenvalue weighted by Crippen LogP contribution is -2.42. The van der Waals surface area contributed by atoms with Gasteiger partial charge in [0.15, 0.2) is 0 Å². The summed E-state index contributed by atoms with van der Waals surface area (Å²) in [6.07, 6.45) is 14.6. The zero-order valence-corrected chi connectivity index (χ0v) is 13.2. The molecule has 1 aliphatic carbocycles. The average Bonchev–Trinajstić information content (AvgIpc) is 2.41. The second-order valence-corrected chi connectivity index (χ2v) is 6.31. The second-order valence-electron chi connectivity index (χ2n) is 6.31. The molecular weight excluding hydrogens is 234 g/mol. The average molecular weight is 269 g/mol. The Morgan fingerprint density at radius 3 is 2.42 bits per heavy atom. The van der Waals surface area contributed by atoms with Gasteiger partial charge in [-0.3, -0.25) is 0 Å². The van der Waals surface area contributed by atoms with Crippen molar-refractivity contribution < 1.29 is 4.74 Å². The summed E-state index contributed by atoms with van der Waals surface area (Å²) < 4.78 is 6.05. The monoisotopic (exact) mass is 269 g/mol. The van der Waals surface area contributed by atoms with Crippen molar-refractivity contribution in [3.63, 3.8) is 0 Å². The SMILES string of the molecule is CCCCCCCCOC1CC(CCC)CCC1N. The Morgan fingerprint density at radius 2 is 1.68 bits per heavy atom. The topological polar surface area (TPSA) is 35.2 Å². The Kier molecular flexibility index (Phi) is 9.54. The fraction of sp³-hybridized carbons (Fsp3) is 1.00. The summed E-state index contributed by atoms with van der Waals surface area (Å²) in [5.74, 6) is 0.861. The van der Waals surface area contributed by atoms with E-state index in [2.05, 4.69) is 13.8 Å². The Balaban J connectivity index is 2.06. The molecule has 0 radical (unpaired) electrons. The standard InChI is InChI=1S/C17H35NO/c1-3-5-6-7-8-9-13-19-17-14-15(10-4-2)11-12-16(17)18/h15-17H,3-14,18H2,1-2H3. The molecule has 1 aliphatic rings. The molecule has 114 valence electrons. The van der Waals surface area contributed by atoms with Gasteiger partial charge in [0.05, 0.1) is 6.10 Å². The number of hydrogen-bond acceptors (Lipinski definition) is 2. The molecule has 1 rings (SSSR count). The first kappa shape index (κ1) is 17.0. The summed E-state index contributed by atoms with van der Waals surface area (Å²) in [6.45, 7) is 5.46. The summed E-state index contributed by atoms with van der Waals surface area (Å²) in [6, 6.07) is 0.285. The predicted octanol–water partition coefficient (Wildman–Crippen LogP) is 4.66. The third-order valence-electron chi connectivity index (χ3n) is 4.48. The molecule has 3 atom stereocenters. The molecule has 0 amide bonds. The number of hydrogen-bond donors (Lipinski definition) is 1. The zero-order valence-electron chi connectivity index (χ0n) is 13.2. The van der Waals surface area contributed by atoms with E-state index in [-0.39, 0.29) is 6.04 Å². The molecule has 0 bridgehead atoms. The summed E-state index contributed by atoms with van der Waals surface area (Å²) in [4.78, 5) is 0. The first-order valence-electron chi connectivity index (χ1n) is 8.65. The first-order chi connectivity index (χ1) is 9.27. The van der Waals surface area contributed by atoms with Gasteiger partial charge in [-0.15, -0.1) is 0 Å². The van der Waals surface area contributed by atoms with E-state index in [1.54, 1.807) is 0 Å². The number of unbranched alkanes of at least 4 members (excludes halogenated alkanes) is 5. The van der Waals surface area contributed by atoms with Crippen molar-refractivity contribution in [2.45, 2.75) is 96.6 Å².